The van der Waals surface area contributed by atoms with E-state index in [4.69, 9.17) is 23.2 Å². The van der Waals surface area contributed by atoms with Crippen LogP contribution in [0.1, 0.15) is 72.5 Å². The maximum atomic E-state index is 15.1. The van der Waals surface area contributed by atoms with Crippen molar-refractivity contribution >= 4 is 40.6 Å². The predicted molar refractivity (Wildman–Crippen MR) is 133 cm³/mol. The number of rotatable bonds is 11. The monoisotopic (exact) mass is 620 g/mol. The Morgan fingerprint density at radius 2 is 1.52 bits per heavy atom. The Balaban J connectivity index is 2.36. The highest BCUT2D eigenvalue weighted by Crippen LogP contribution is 2.40. The van der Waals surface area contributed by atoms with Crippen LogP contribution in [-0.2, 0) is 11.0 Å². The number of halogens is 11. The minimum absolute atomic E-state index is 0.0445. The molecule has 0 aliphatic carbocycles. The summed E-state index contributed by atoms with van der Waals surface area (Å²) in [6, 6.07) is 5.25. The fourth-order valence-corrected chi connectivity index (χ4v) is 4.23. The summed E-state index contributed by atoms with van der Waals surface area (Å²) in [5.74, 6) is -9.68. The molecule has 2 nitrogen and oxygen atoms in total. The Bertz CT molecular complexity index is 1260. The van der Waals surface area contributed by atoms with E-state index in [2.05, 4.69) is 0 Å². The molecule has 0 aliphatic heterocycles. The molecule has 0 fully saturated rings. The third-order valence-electron chi connectivity index (χ3n) is 5.86. The number of carbonyl (C=O) groups is 2. The Morgan fingerprint density at radius 3 is 2.05 bits per heavy atom. The third-order valence-corrected chi connectivity index (χ3v) is 6.60. The van der Waals surface area contributed by atoms with E-state index >= 15 is 4.39 Å². The predicted octanol–water partition coefficient (Wildman–Crippen LogP) is 10.3. The average Bonchev–Trinajstić information content (AvgIpc) is 2.80. The molecule has 0 heterocycles. The van der Waals surface area contributed by atoms with Crippen molar-refractivity contribution in [3.63, 3.8) is 0 Å². The van der Waals surface area contributed by atoms with Gasteiger partial charge in [-0.05, 0) is 35.8 Å². The maximum Gasteiger partial charge on any atom is 0.417 e. The standard InChI is InChI=1S/C27H23Cl2F9O2/c1-14(9-17(39)7-8-26(33,34)35)10-24(40)18-5-3-16(11-20(18)27(36,37)38)23(30)13-19(25(2,31)32)15-4-6-21(28)22(29)12-15/h3-6,11-14,19H,7-10H2,1-2H3/b23-13-/t14-,19?/m1/s1. The van der Waals surface area contributed by atoms with Crippen molar-refractivity contribution in [1.29, 1.82) is 0 Å². The molecule has 220 valence electrons. The molecule has 0 aromatic heterocycles. The molecule has 0 N–H and O–H groups in total. The zero-order valence-corrected chi connectivity index (χ0v) is 22.5. The normalized spacial score (nSPS) is 14.7. The van der Waals surface area contributed by atoms with Gasteiger partial charge in [0.05, 0.1) is 27.9 Å². The number of allylic oxidation sites excluding steroid dienone is 1. The second kappa shape index (κ2) is 13.0. The largest absolute Gasteiger partial charge is 0.417 e. The van der Waals surface area contributed by atoms with Gasteiger partial charge in [-0.2, -0.15) is 26.3 Å². The Labute approximate surface area is 234 Å². The lowest BCUT2D eigenvalue weighted by molar-refractivity contribution is -0.143. The van der Waals surface area contributed by atoms with E-state index in [1.165, 1.54) is 13.0 Å². The summed E-state index contributed by atoms with van der Waals surface area (Å²) in [7, 11) is 0. The summed E-state index contributed by atoms with van der Waals surface area (Å²) in [6.45, 7) is 1.81. The lowest BCUT2D eigenvalue weighted by atomic mass is 9.90. The van der Waals surface area contributed by atoms with E-state index in [0.717, 1.165) is 18.2 Å². The minimum atomic E-state index is -5.15. The molecular weight excluding hydrogens is 598 g/mol. The van der Waals surface area contributed by atoms with Crippen LogP contribution in [0.15, 0.2) is 42.5 Å². The minimum Gasteiger partial charge on any atom is -0.300 e. The van der Waals surface area contributed by atoms with Crippen molar-refractivity contribution in [2.75, 3.05) is 0 Å². The van der Waals surface area contributed by atoms with Gasteiger partial charge in [-0.1, -0.05) is 48.3 Å². The number of Topliss-reactive ketones (excluding diaryl/α,β-unsaturated/α-hetero) is 2. The fraction of sp³-hybridized carbons (Fsp3) is 0.407. The van der Waals surface area contributed by atoms with Crippen molar-refractivity contribution in [1.82, 2.24) is 0 Å². The molecule has 2 aromatic rings. The van der Waals surface area contributed by atoms with Gasteiger partial charge in [0, 0.05) is 37.3 Å². The molecule has 0 amide bonds. The lowest BCUT2D eigenvalue weighted by Crippen LogP contribution is -2.21. The van der Waals surface area contributed by atoms with Gasteiger partial charge in [0.1, 0.15) is 11.6 Å². The summed E-state index contributed by atoms with van der Waals surface area (Å²) in [6.07, 6.45) is -12.5. The van der Waals surface area contributed by atoms with Gasteiger partial charge in [0.25, 0.3) is 5.92 Å². The number of hydrogen-bond acceptors (Lipinski definition) is 2. The van der Waals surface area contributed by atoms with Gasteiger partial charge < -0.3 is 0 Å². The topological polar surface area (TPSA) is 34.1 Å². The lowest BCUT2D eigenvalue weighted by Gasteiger charge is -2.22. The van der Waals surface area contributed by atoms with Gasteiger partial charge in [0.2, 0.25) is 0 Å². The molecule has 0 spiro atoms. The van der Waals surface area contributed by atoms with Crippen LogP contribution in [0.4, 0.5) is 39.5 Å². The molecule has 1 unspecified atom stereocenters. The second-order valence-corrected chi connectivity index (χ2v) is 10.3. The summed E-state index contributed by atoms with van der Waals surface area (Å²) < 4.78 is 122. The molecule has 0 saturated heterocycles. The maximum absolute atomic E-state index is 15.1. The van der Waals surface area contributed by atoms with Gasteiger partial charge >= 0.3 is 12.4 Å². The van der Waals surface area contributed by atoms with E-state index in [-0.39, 0.29) is 15.6 Å². The molecule has 2 aromatic carbocycles. The zero-order valence-electron chi connectivity index (χ0n) is 21.0. The Morgan fingerprint density at radius 1 is 0.900 bits per heavy atom. The Hall–Kier alpha value is -2.53. The van der Waals surface area contributed by atoms with E-state index in [1.807, 2.05) is 0 Å². The van der Waals surface area contributed by atoms with E-state index in [0.29, 0.717) is 25.1 Å². The quantitative estimate of drug-likeness (QED) is 0.185. The first kappa shape index (κ1) is 33.7. The van der Waals surface area contributed by atoms with Crippen LogP contribution in [-0.4, -0.2) is 23.7 Å². The van der Waals surface area contributed by atoms with Gasteiger partial charge in [0.15, 0.2) is 5.78 Å². The molecule has 2 atom stereocenters. The first-order chi connectivity index (χ1) is 18.2. The summed E-state index contributed by atoms with van der Waals surface area (Å²) in [5, 5.41) is -0.0520. The summed E-state index contributed by atoms with van der Waals surface area (Å²) >= 11 is 11.7. The van der Waals surface area contributed by atoms with Crippen LogP contribution in [0.3, 0.4) is 0 Å². The smallest absolute Gasteiger partial charge is 0.300 e. The van der Waals surface area contributed by atoms with E-state index in [1.54, 1.807) is 0 Å². The number of hydrogen-bond donors (Lipinski definition) is 0. The average molecular weight is 621 g/mol. The van der Waals surface area contributed by atoms with Gasteiger partial charge in [-0.3, -0.25) is 9.59 Å². The van der Waals surface area contributed by atoms with Gasteiger partial charge in [-0.25, -0.2) is 13.2 Å². The third kappa shape index (κ3) is 9.83. The van der Waals surface area contributed by atoms with Crippen LogP contribution >= 0.6 is 23.2 Å². The molecule has 0 saturated carbocycles. The summed E-state index contributed by atoms with van der Waals surface area (Å²) in [4.78, 5) is 24.4. The zero-order chi connectivity index (χ0) is 30.6. The van der Waals surface area contributed by atoms with Crippen molar-refractivity contribution < 1.29 is 49.1 Å². The first-order valence-electron chi connectivity index (χ1n) is 11.7. The molecule has 40 heavy (non-hydrogen) atoms. The summed E-state index contributed by atoms with van der Waals surface area (Å²) in [5.41, 5.74) is -3.28. The van der Waals surface area contributed by atoms with Crippen LogP contribution in [0, 0.1) is 5.92 Å². The SMILES string of the molecule is C[C@H](CC(=O)CCC(F)(F)F)CC(=O)c1ccc(/C(F)=C/C(c2ccc(Cl)c(Cl)c2)C(C)(F)F)cc1C(F)(F)F. The van der Waals surface area contributed by atoms with Crippen molar-refractivity contribution in [2.45, 2.75) is 63.7 Å². The van der Waals surface area contributed by atoms with Crippen LogP contribution in [0.2, 0.25) is 10.0 Å². The number of benzene rings is 2. The van der Waals surface area contributed by atoms with E-state index < -0.39 is 89.9 Å². The number of ketones is 2. The highest BCUT2D eigenvalue weighted by molar-refractivity contribution is 6.42. The van der Waals surface area contributed by atoms with E-state index in [9.17, 15) is 44.7 Å². The second-order valence-electron chi connectivity index (χ2n) is 9.47. The highest BCUT2D eigenvalue weighted by Gasteiger charge is 2.37. The van der Waals surface area contributed by atoms with Crippen molar-refractivity contribution in [3.05, 3.63) is 74.8 Å². The molecular formula is C27H23Cl2F9O2. The van der Waals surface area contributed by atoms with Crippen molar-refractivity contribution in [2.24, 2.45) is 5.92 Å². The molecule has 0 bridgehead atoms. The van der Waals surface area contributed by atoms with Crippen molar-refractivity contribution in [3.8, 4) is 0 Å². The van der Waals surface area contributed by atoms with Crippen LogP contribution < -0.4 is 0 Å². The number of carbonyl (C=O) groups excluding carboxylic acids is 2. The molecule has 0 radical (unpaired) electrons. The van der Waals surface area contributed by atoms with Crippen LogP contribution in [0.5, 0.6) is 0 Å². The molecule has 0 aliphatic rings. The van der Waals surface area contributed by atoms with Gasteiger partial charge in [-0.15, -0.1) is 0 Å². The fourth-order valence-electron chi connectivity index (χ4n) is 3.92. The Kier molecular flexibility index (Phi) is 10.9. The molecule has 13 heteroatoms. The number of alkyl halides is 8. The first-order valence-corrected chi connectivity index (χ1v) is 12.5. The highest BCUT2D eigenvalue weighted by atomic mass is 35.5. The van der Waals surface area contributed by atoms with Crippen LogP contribution in [0.25, 0.3) is 5.83 Å². The molecule has 2 rings (SSSR count).